The van der Waals surface area contributed by atoms with Gasteiger partial charge in [0.05, 0.1) is 11.0 Å². The molecule has 1 fully saturated rings. The SMILES string of the molecule is Cc1[nH]nc2ccc(-c3ccn4c(=O)c(C(=O)O)cc(C5CC5)c4c3C)cc12. The summed E-state index contributed by atoms with van der Waals surface area (Å²) in [5.74, 6) is -0.856. The number of fused-ring (bicyclic) bond motifs is 2. The first-order chi connectivity index (χ1) is 13.5. The minimum Gasteiger partial charge on any atom is -0.477 e. The number of rotatable bonds is 3. The molecule has 1 saturated carbocycles. The fraction of sp³-hybridized carbons (Fsp3) is 0.227. The van der Waals surface area contributed by atoms with Crippen LogP contribution in [0.3, 0.4) is 0 Å². The zero-order valence-corrected chi connectivity index (χ0v) is 15.6. The Labute approximate surface area is 160 Å². The van der Waals surface area contributed by atoms with Gasteiger partial charge < -0.3 is 5.11 Å². The molecule has 6 nitrogen and oxygen atoms in total. The summed E-state index contributed by atoms with van der Waals surface area (Å²) in [7, 11) is 0. The van der Waals surface area contributed by atoms with E-state index in [9.17, 15) is 14.7 Å². The number of aryl methyl sites for hydroxylation is 2. The zero-order chi connectivity index (χ0) is 19.6. The predicted molar refractivity (Wildman–Crippen MR) is 107 cm³/mol. The molecule has 0 aliphatic heterocycles. The van der Waals surface area contributed by atoms with Crippen molar-refractivity contribution in [2.75, 3.05) is 0 Å². The average molecular weight is 373 g/mol. The van der Waals surface area contributed by atoms with E-state index in [0.29, 0.717) is 5.92 Å². The van der Waals surface area contributed by atoms with Crippen molar-refractivity contribution in [3.05, 3.63) is 69.3 Å². The third kappa shape index (κ3) is 2.37. The topological polar surface area (TPSA) is 87.5 Å². The van der Waals surface area contributed by atoms with Crippen molar-refractivity contribution in [2.24, 2.45) is 0 Å². The summed E-state index contributed by atoms with van der Waals surface area (Å²) >= 11 is 0. The second-order valence-corrected chi connectivity index (χ2v) is 7.55. The molecule has 1 aliphatic rings. The van der Waals surface area contributed by atoms with Gasteiger partial charge in [-0.25, -0.2) is 4.79 Å². The lowest BCUT2D eigenvalue weighted by molar-refractivity contribution is 0.0694. The van der Waals surface area contributed by atoms with E-state index in [4.69, 9.17) is 0 Å². The first-order valence-corrected chi connectivity index (χ1v) is 9.33. The molecule has 3 heterocycles. The van der Waals surface area contributed by atoms with Crippen LogP contribution in [0.1, 0.15) is 45.9 Å². The minimum absolute atomic E-state index is 0.165. The maximum atomic E-state index is 12.7. The Morgan fingerprint density at radius 1 is 1.21 bits per heavy atom. The van der Waals surface area contributed by atoms with Gasteiger partial charge in [0.25, 0.3) is 5.56 Å². The van der Waals surface area contributed by atoms with Gasteiger partial charge in [-0.1, -0.05) is 6.07 Å². The van der Waals surface area contributed by atoms with Gasteiger partial charge >= 0.3 is 5.97 Å². The maximum Gasteiger partial charge on any atom is 0.341 e. The Hall–Kier alpha value is -3.41. The third-order valence-corrected chi connectivity index (χ3v) is 5.72. The number of nitrogens with zero attached hydrogens (tertiary/aromatic N) is 2. The van der Waals surface area contributed by atoms with E-state index < -0.39 is 11.5 Å². The highest BCUT2D eigenvalue weighted by molar-refractivity contribution is 5.90. The lowest BCUT2D eigenvalue weighted by atomic mass is 9.96. The fourth-order valence-corrected chi connectivity index (χ4v) is 4.07. The summed E-state index contributed by atoms with van der Waals surface area (Å²) in [6, 6.07) is 9.59. The van der Waals surface area contributed by atoms with E-state index in [-0.39, 0.29) is 5.56 Å². The van der Waals surface area contributed by atoms with E-state index >= 15 is 0 Å². The van der Waals surface area contributed by atoms with Gasteiger partial charge in [0.1, 0.15) is 5.56 Å². The Kier molecular flexibility index (Phi) is 3.46. The van der Waals surface area contributed by atoms with Crippen LogP contribution in [0, 0.1) is 13.8 Å². The number of hydrogen-bond donors (Lipinski definition) is 2. The molecule has 5 rings (SSSR count). The Morgan fingerprint density at radius 3 is 2.71 bits per heavy atom. The highest BCUT2D eigenvalue weighted by Gasteiger charge is 2.29. The quantitative estimate of drug-likeness (QED) is 0.567. The number of carboxylic acid groups (broad SMARTS) is 1. The number of carboxylic acids is 1. The second-order valence-electron chi connectivity index (χ2n) is 7.55. The highest BCUT2D eigenvalue weighted by atomic mass is 16.4. The van der Waals surface area contributed by atoms with E-state index in [1.165, 1.54) is 4.40 Å². The fourth-order valence-electron chi connectivity index (χ4n) is 4.07. The summed E-state index contributed by atoms with van der Waals surface area (Å²) in [6.07, 6.45) is 3.75. The standard InChI is InChI=1S/C22H19N3O3/c1-11-15(14-5-6-19-16(9-14)12(2)23-24-19)7-8-25-20(11)17(13-3-4-13)10-18(21(25)26)22(27)28/h5-10,13H,3-4H2,1-2H3,(H,23,24)(H,27,28). The molecule has 0 bridgehead atoms. The molecule has 0 radical (unpaired) electrons. The largest absolute Gasteiger partial charge is 0.477 e. The lowest BCUT2D eigenvalue weighted by Gasteiger charge is -2.15. The zero-order valence-electron chi connectivity index (χ0n) is 15.6. The lowest BCUT2D eigenvalue weighted by Crippen LogP contribution is -2.23. The molecule has 3 aromatic heterocycles. The van der Waals surface area contributed by atoms with Crippen molar-refractivity contribution in [3.63, 3.8) is 0 Å². The molecule has 2 N–H and O–H groups in total. The number of carbonyl (C=O) groups is 1. The van der Waals surface area contributed by atoms with Gasteiger partial charge in [-0.3, -0.25) is 14.3 Å². The van der Waals surface area contributed by atoms with Crippen LogP contribution in [-0.4, -0.2) is 25.7 Å². The van der Waals surface area contributed by atoms with Crippen molar-refractivity contribution in [1.29, 1.82) is 0 Å². The van der Waals surface area contributed by atoms with Gasteiger partial charge in [-0.15, -0.1) is 0 Å². The smallest absolute Gasteiger partial charge is 0.341 e. The molecule has 0 spiro atoms. The number of benzene rings is 1. The number of aromatic carboxylic acids is 1. The first kappa shape index (κ1) is 16.7. The third-order valence-electron chi connectivity index (χ3n) is 5.72. The van der Waals surface area contributed by atoms with Crippen LogP contribution < -0.4 is 5.56 Å². The number of pyridine rings is 2. The molecule has 1 aromatic carbocycles. The first-order valence-electron chi connectivity index (χ1n) is 9.33. The Bertz CT molecular complexity index is 1340. The van der Waals surface area contributed by atoms with Gasteiger partial charge in [0, 0.05) is 17.3 Å². The maximum absolute atomic E-state index is 12.7. The van der Waals surface area contributed by atoms with E-state index in [2.05, 4.69) is 16.3 Å². The van der Waals surface area contributed by atoms with Crippen molar-refractivity contribution < 1.29 is 9.90 Å². The van der Waals surface area contributed by atoms with Gasteiger partial charge in [-0.05, 0) is 79.1 Å². The average Bonchev–Trinajstić information content (AvgIpc) is 3.46. The van der Waals surface area contributed by atoms with Gasteiger partial charge in [0.2, 0.25) is 0 Å². The molecule has 0 atom stereocenters. The molecule has 1 aliphatic carbocycles. The summed E-state index contributed by atoms with van der Waals surface area (Å²) in [5, 5.41) is 17.8. The van der Waals surface area contributed by atoms with Crippen LogP contribution in [0.5, 0.6) is 0 Å². The van der Waals surface area contributed by atoms with Crippen LogP contribution in [0.25, 0.3) is 27.5 Å². The molecule has 0 unspecified atom stereocenters. The van der Waals surface area contributed by atoms with Gasteiger partial charge in [0.15, 0.2) is 0 Å². The molecule has 0 saturated heterocycles. The number of aromatic amines is 1. The van der Waals surface area contributed by atoms with Crippen molar-refractivity contribution in [1.82, 2.24) is 14.6 Å². The van der Waals surface area contributed by atoms with Crippen LogP contribution in [-0.2, 0) is 0 Å². The number of aromatic nitrogens is 3. The van der Waals surface area contributed by atoms with Crippen molar-refractivity contribution >= 4 is 22.4 Å². The molecule has 0 amide bonds. The summed E-state index contributed by atoms with van der Waals surface area (Å²) in [5.41, 5.74) is 6.14. The minimum atomic E-state index is -1.18. The molecule has 28 heavy (non-hydrogen) atoms. The summed E-state index contributed by atoms with van der Waals surface area (Å²) in [6.45, 7) is 3.99. The molecular formula is C22H19N3O3. The van der Waals surface area contributed by atoms with Crippen LogP contribution in [0.4, 0.5) is 0 Å². The molecule has 4 aromatic rings. The van der Waals surface area contributed by atoms with Gasteiger partial charge in [-0.2, -0.15) is 5.10 Å². The van der Waals surface area contributed by atoms with E-state index in [0.717, 1.165) is 57.2 Å². The molecular weight excluding hydrogens is 354 g/mol. The molecule has 6 heteroatoms. The Balaban J connectivity index is 1.82. The van der Waals surface area contributed by atoms with E-state index in [1.807, 2.05) is 32.0 Å². The Morgan fingerprint density at radius 2 is 2.00 bits per heavy atom. The second kappa shape index (κ2) is 5.79. The normalized spacial score (nSPS) is 14.1. The monoisotopic (exact) mass is 373 g/mol. The van der Waals surface area contributed by atoms with Crippen LogP contribution >= 0.6 is 0 Å². The van der Waals surface area contributed by atoms with Crippen LogP contribution in [0.15, 0.2) is 41.3 Å². The number of nitrogens with one attached hydrogen (secondary N) is 1. The van der Waals surface area contributed by atoms with Crippen molar-refractivity contribution in [2.45, 2.75) is 32.6 Å². The van der Waals surface area contributed by atoms with Crippen molar-refractivity contribution in [3.8, 4) is 11.1 Å². The summed E-state index contributed by atoms with van der Waals surface area (Å²) in [4.78, 5) is 24.3. The number of hydrogen-bond acceptors (Lipinski definition) is 3. The highest BCUT2D eigenvalue weighted by Crippen LogP contribution is 2.43. The predicted octanol–water partition coefficient (Wildman–Crippen LogP) is 4.04. The van der Waals surface area contributed by atoms with Crippen LogP contribution in [0.2, 0.25) is 0 Å². The summed E-state index contributed by atoms with van der Waals surface area (Å²) < 4.78 is 1.50. The number of H-pyrrole nitrogens is 1. The van der Waals surface area contributed by atoms with E-state index in [1.54, 1.807) is 12.3 Å². The molecule has 140 valence electrons.